The molecule has 0 aliphatic carbocycles. The lowest BCUT2D eigenvalue weighted by Gasteiger charge is -2.36. The average Bonchev–Trinajstić information content (AvgIpc) is 2.24. The van der Waals surface area contributed by atoms with Gasteiger partial charge in [0.25, 0.3) is 0 Å². The lowest BCUT2D eigenvalue weighted by atomic mass is 10.1. The van der Waals surface area contributed by atoms with Crippen LogP contribution in [0.15, 0.2) is 23.8 Å². The largest absolute Gasteiger partial charge is 0.417 e. The summed E-state index contributed by atoms with van der Waals surface area (Å²) in [6.07, 6.45) is 4.92. The molecule has 1 N–H and O–H groups in total. The average molecular weight is 281 g/mol. The van der Waals surface area contributed by atoms with Crippen LogP contribution in [0.2, 0.25) is 18.1 Å². The minimum Gasteiger partial charge on any atom is -0.417 e. The fraction of sp³-hybridized carbons (Fsp3) is 0.667. The van der Waals surface area contributed by atoms with E-state index in [0.717, 1.165) is 5.57 Å². The van der Waals surface area contributed by atoms with Gasteiger partial charge in [-0.2, -0.15) is 5.26 Å². The van der Waals surface area contributed by atoms with Gasteiger partial charge < -0.3 is 9.53 Å². The van der Waals surface area contributed by atoms with Crippen molar-refractivity contribution in [3.05, 3.63) is 23.8 Å². The summed E-state index contributed by atoms with van der Waals surface area (Å²) < 4.78 is 6.01. The quantitative estimate of drug-likeness (QED) is 0.458. The molecule has 4 heteroatoms. The molecule has 19 heavy (non-hydrogen) atoms. The van der Waals surface area contributed by atoms with Crippen LogP contribution in [0.1, 0.15) is 34.1 Å². The molecule has 3 nitrogen and oxygen atoms in total. The zero-order chi connectivity index (χ0) is 15.1. The molecule has 0 unspecified atom stereocenters. The standard InChI is InChI=1S/C15H27NO2Si/c1-13(8-7-10-16)12-14(17)9-11-18-19(5,6)15(2,3)4/h7-8,12,14,17H,9,11H2,1-6H3/b8-7+,13-12+/t14-/m0/s1. The monoisotopic (exact) mass is 281 g/mol. The highest BCUT2D eigenvalue weighted by Gasteiger charge is 2.36. The van der Waals surface area contributed by atoms with Crippen LogP contribution in [-0.4, -0.2) is 26.1 Å². The van der Waals surface area contributed by atoms with Crippen LogP contribution in [0, 0.1) is 11.3 Å². The summed E-state index contributed by atoms with van der Waals surface area (Å²) in [6, 6.07) is 1.93. The number of hydrogen-bond donors (Lipinski definition) is 1. The van der Waals surface area contributed by atoms with E-state index in [1.54, 1.807) is 12.2 Å². The summed E-state index contributed by atoms with van der Waals surface area (Å²) in [5, 5.41) is 18.5. The number of nitriles is 1. The van der Waals surface area contributed by atoms with Gasteiger partial charge in [-0.05, 0) is 37.6 Å². The molecular formula is C15H27NO2Si. The number of hydrogen-bond acceptors (Lipinski definition) is 3. The highest BCUT2D eigenvalue weighted by atomic mass is 28.4. The van der Waals surface area contributed by atoms with Crippen LogP contribution in [0.4, 0.5) is 0 Å². The lowest BCUT2D eigenvalue weighted by Crippen LogP contribution is -2.41. The van der Waals surface area contributed by atoms with Crippen molar-refractivity contribution in [2.75, 3.05) is 6.61 Å². The third kappa shape index (κ3) is 7.31. The van der Waals surface area contributed by atoms with Gasteiger partial charge in [-0.15, -0.1) is 0 Å². The van der Waals surface area contributed by atoms with E-state index in [1.807, 2.05) is 13.0 Å². The van der Waals surface area contributed by atoms with Gasteiger partial charge in [0.1, 0.15) is 0 Å². The molecule has 0 saturated heterocycles. The van der Waals surface area contributed by atoms with E-state index < -0.39 is 14.4 Å². The Balaban J connectivity index is 4.23. The number of rotatable bonds is 6. The fourth-order valence-electron chi connectivity index (χ4n) is 1.26. The Morgan fingerprint density at radius 1 is 1.42 bits per heavy atom. The van der Waals surface area contributed by atoms with Crippen molar-refractivity contribution in [2.45, 2.75) is 58.4 Å². The van der Waals surface area contributed by atoms with Crippen LogP contribution in [0.25, 0.3) is 0 Å². The zero-order valence-electron chi connectivity index (χ0n) is 13.0. The Morgan fingerprint density at radius 2 is 2.00 bits per heavy atom. The molecule has 0 aliphatic heterocycles. The van der Waals surface area contributed by atoms with E-state index in [4.69, 9.17) is 9.69 Å². The first-order chi connectivity index (χ1) is 8.60. The van der Waals surface area contributed by atoms with Crippen molar-refractivity contribution in [1.82, 2.24) is 0 Å². The van der Waals surface area contributed by atoms with Crippen LogP contribution in [-0.2, 0) is 4.43 Å². The normalized spacial score (nSPS) is 15.6. The predicted molar refractivity (Wildman–Crippen MR) is 82.3 cm³/mol. The summed E-state index contributed by atoms with van der Waals surface area (Å²) in [7, 11) is -1.72. The van der Waals surface area contributed by atoms with Gasteiger partial charge in [-0.25, -0.2) is 0 Å². The molecule has 0 rings (SSSR count). The van der Waals surface area contributed by atoms with Gasteiger partial charge in [0.05, 0.1) is 12.2 Å². The Kier molecular flexibility index (Phi) is 7.28. The Labute approximate surface area is 118 Å². The molecule has 0 amide bonds. The van der Waals surface area contributed by atoms with E-state index in [9.17, 15) is 5.11 Å². The summed E-state index contributed by atoms with van der Waals surface area (Å²) in [6.45, 7) is 13.5. The van der Waals surface area contributed by atoms with E-state index in [2.05, 4.69) is 33.9 Å². The molecule has 108 valence electrons. The smallest absolute Gasteiger partial charge is 0.191 e. The molecule has 0 fully saturated rings. The summed E-state index contributed by atoms with van der Waals surface area (Å²) >= 11 is 0. The number of nitrogens with zero attached hydrogens (tertiary/aromatic N) is 1. The molecular weight excluding hydrogens is 254 g/mol. The van der Waals surface area contributed by atoms with Crippen molar-refractivity contribution in [3.8, 4) is 6.07 Å². The van der Waals surface area contributed by atoms with E-state index in [0.29, 0.717) is 13.0 Å². The summed E-state index contributed by atoms with van der Waals surface area (Å²) in [4.78, 5) is 0. The number of aliphatic hydroxyl groups excluding tert-OH is 1. The number of allylic oxidation sites excluding steroid dienone is 3. The van der Waals surface area contributed by atoms with Gasteiger partial charge in [0.15, 0.2) is 8.32 Å². The molecule has 0 bridgehead atoms. The first-order valence-electron chi connectivity index (χ1n) is 6.67. The van der Waals surface area contributed by atoms with Crippen molar-refractivity contribution < 1.29 is 9.53 Å². The maximum Gasteiger partial charge on any atom is 0.191 e. The highest BCUT2D eigenvalue weighted by molar-refractivity contribution is 6.74. The van der Waals surface area contributed by atoms with Gasteiger partial charge in [-0.1, -0.05) is 32.4 Å². The molecule has 0 aromatic rings. The van der Waals surface area contributed by atoms with Crippen LogP contribution in [0.5, 0.6) is 0 Å². The maximum atomic E-state index is 9.86. The number of aliphatic hydroxyl groups is 1. The van der Waals surface area contributed by atoms with Gasteiger partial charge in [0, 0.05) is 12.7 Å². The Morgan fingerprint density at radius 3 is 2.47 bits per heavy atom. The summed E-state index contributed by atoms with van der Waals surface area (Å²) in [5.74, 6) is 0. The van der Waals surface area contributed by atoms with Crippen LogP contribution in [0.3, 0.4) is 0 Å². The molecule has 0 aromatic heterocycles. The van der Waals surface area contributed by atoms with Crippen molar-refractivity contribution in [2.24, 2.45) is 0 Å². The van der Waals surface area contributed by atoms with E-state index in [-0.39, 0.29) is 5.04 Å². The molecule has 1 atom stereocenters. The van der Waals surface area contributed by atoms with Crippen LogP contribution >= 0.6 is 0 Å². The van der Waals surface area contributed by atoms with Gasteiger partial charge >= 0.3 is 0 Å². The van der Waals surface area contributed by atoms with Gasteiger partial charge in [0.2, 0.25) is 0 Å². The second kappa shape index (κ2) is 7.64. The molecule has 0 saturated carbocycles. The Hall–Kier alpha value is -0.893. The third-order valence-electron chi connectivity index (χ3n) is 3.56. The minimum atomic E-state index is -1.72. The zero-order valence-corrected chi connectivity index (χ0v) is 14.0. The minimum absolute atomic E-state index is 0.194. The van der Waals surface area contributed by atoms with Crippen molar-refractivity contribution in [3.63, 3.8) is 0 Å². The van der Waals surface area contributed by atoms with Crippen molar-refractivity contribution >= 4 is 8.32 Å². The SMILES string of the molecule is CC(/C=C/C#N)=C\[C@@H](O)CCO[Si](C)(C)C(C)(C)C. The maximum absolute atomic E-state index is 9.86. The second-order valence-electron chi connectivity index (χ2n) is 6.34. The predicted octanol–water partition coefficient (Wildman–Crippen LogP) is 3.79. The van der Waals surface area contributed by atoms with E-state index in [1.165, 1.54) is 6.08 Å². The molecule has 0 heterocycles. The van der Waals surface area contributed by atoms with E-state index >= 15 is 0 Å². The molecule has 0 radical (unpaired) electrons. The second-order valence-corrected chi connectivity index (χ2v) is 11.1. The first kappa shape index (κ1) is 18.1. The van der Waals surface area contributed by atoms with Crippen molar-refractivity contribution in [1.29, 1.82) is 5.26 Å². The fourth-order valence-corrected chi connectivity index (χ4v) is 2.32. The lowest BCUT2D eigenvalue weighted by molar-refractivity contribution is 0.171. The topological polar surface area (TPSA) is 53.2 Å². The van der Waals surface area contributed by atoms with Gasteiger partial charge in [-0.3, -0.25) is 0 Å². The Bertz CT molecular complexity index is 373. The molecule has 0 aromatic carbocycles. The third-order valence-corrected chi connectivity index (χ3v) is 8.10. The summed E-state index contributed by atoms with van der Waals surface area (Å²) in [5.41, 5.74) is 0.890. The molecule has 0 spiro atoms. The first-order valence-corrected chi connectivity index (χ1v) is 9.57. The van der Waals surface area contributed by atoms with Crippen LogP contribution < -0.4 is 0 Å². The highest BCUT2D eigenvalue weighted by Crippen LogP contribution is 2.36. The molecule has 0 aliphatic rings.